The topological polar surface area (TPSA) is 150 Å². The van der Waals surface area contributed by atoms with Gasteiger partial charge < -0.3 is 30.9 Å². The number of amides is 2. The van der Waals surface area contributed by atoms with Crippen LogP contribution in [0.1, 0.15) is 28.3 Å². The molecule has 0 spiro atoms. The molecule has 216 valence electrons. The molecule has 4 rings (SSSR count). The molecule has 4 aromatic carbocycles. The lowest BCUT2D eigenvalue weighted by atomic mass is 10.0. The van der Waals surface area contributed by atoms with Gasteiger partial charge in [0.2, 0.25) is 5.91 Å². The molecule has 1 atom stereocenters. The Hall–Kier alpha value is -5.51. The largest absolute Gasteiger partial charge is 0.493 e. The van der Waals surface area contributed by atoms with Crippen molar-refractivity contribution in [3.63, 3.8) is 0 Å². The Morgan fingerprint density at radius 3 is 2.12 bits per heavy atom. The van der Waals surface area contributed by atoms with Crippen LogP contribution in [0.25, 0.3) is 0 Å². The maximum atomic E-state index is 13.8. The lowest BCUT2D eigenvalue weighted by Gasteiger charge is -2.27. The van der Waals surface area contributed by atoms with Crippen LogP contribution in [0.2, 0.25) is 0 Å². The number of hydrogen-bond donors (Lipinski definition) is 5. The van der Waals surface area contributed by atoms with Crippen molar-refractivity contribution in [1.29, 1.82) is 5.41 Å². The first-order valence-electron chi connectivity index (χ1n) is 13.1. The maximum absolute atomic E-state index is 13.8. The van der Waals surface area contributed by atoms with Gasteiger partial charge in [-0.25, -0.2) is 4.79 Å². The Morgan fingerprint density at radius 1 is 0.929 bits per heavy atom. The molecule has 0 aromatic heterocycles. The first-order valence-corrected chi connectivity index (χ1v) is 13.1. The summed E-state index contributed by atoms with van der Waals surface area (Å²) in [5, 5.41) is 23.8. The fourth-order valence-electron chi connectivity index (χ4n) is 4.28. The number of hydrogen-bond acceptors (Lipinski definition) is 6. The van der Waals surface area contributed by atoms with Crippen molar-refractivity contribution >= 4 is 29.2 Å². The molecule has 0 heterocycles. The second-order valence-corrected chi connectivity index (χ2v) is 9.45. The Balaban J connectivity index is 1.75. The van der Waals surface area contributed by atoms with Gasteiger partial charge in [-0.2, -0.15) is 0 Å². The minimum atomic E-state index is -1.22. The summed E-state index contributed by atoms with van der Waals surface area (Å²) < 4.78 is 11.7. The zero-order valence-corrected chi connectivity index (χ0v) is 23.3. The third-order valence-electron chi connectivity index (χ3n) is 6.59. The third kappa shape index (κ3) is 7.36. The van der Waals surface area contributed by atoms with Crippen LogP contribution >= 0.6 is 0 Å². The van der Waals surface area contributed by atoms with E-state index >= 15 is 0 Å². The highest BCUT2D eigenvalue weighted by molar-refractivity contribution is 5.96. The number of nitrogens with one attached hydrogen (secondary N) is 3. The van der Waals surface area contributed by atoms with E-state index in [-0.39, 0.29) is 24.7 Å². The predicted octanol–water partition coefficient (Wildman–Crippen LogP) is 5.14. The molecule has 6 N–H and O–H groups in total. The minimum absolute atomic E-state index is 0.0834. The van der Waals surface area contributed by atoms with Gasteiger partial charge in [-0.05, 0) is 41.5 Å². The summed E-state index contributed by atoms with van der Waals surface area (Å²) in [5.74, 6) is 0.176. The van der Waals surface area contributed by atoms with Gasteiger partial charge in [-0.15, -0.1) is 0 Å². The van der Waals surface area contributed by atoms with Crippen molar-refractivity contribution in [2.45, 2.75) is 19.2 Å². The Morgan fingerprint density at radius 2 is 1.55 bits per heavy atom. The third-order valence-corrected chi connectivity index (χ3v) is 6.59. The van der Waals surface area contributed by atoms with Crippen LogP contribution in [0.3, 0.4) is 0 Å². The van der Waals surface area contributed by atoms with Gasteiger partial charge in [-0.1, -0.05) is 60.7 Å². The second kappa shape index (κ2) is 13.7. The van der Waals surface area contributed by atoms with E-state index in [1.54, 1.807) is 36.4 Å². The van der Waals surface area contributed by atoms with Crippen LogP contribution in [0.4, 0.5) is 16.2 Å². The summed E-state index contributed by atoms with van der Waals surface area (Å²) >= 11 is 0. The van der Waals surface area contributed by atoms with Crippen molar-refractivity contribution < 1.29 is 24.2 Å². The van der Waals surface area contributed by atoms with E-state index in [0.29, 0.717) is 28.3 Å². The quantitative estimate of drug-likeness (QED) is 0.117. The number of methoxy groups -OCH3 is 1. The van der Waals surface area contributed by atoms with Gasteiger partial charge in [0, 0.05) is 36.5 Å². The van der Waals surface area contributed by atoms with Crippen LogP contribution in [0.15, 0.2) is 97.1 Å². The zero-order chi connectivity index (χ0) is 30.1. The first-order chi connectivity index (χ1) is 20.3. The van der Waals surface area contributed by atoms with E-state index in [9.17, 15) is 14.7 Å². The molecule has 0 fully saturated rings. The Labute approximate surface area is 244 Å². The number of benzene rings is 4. The summed E-state index contributed by atoms with van der Waals surface area (Å²) in [6.45, 7) is 0.495. The molecule has 0 aliphatic carbocycles. The zero-order valence-electron chi connectivity index (χ0n) is 23.3. The molecule has 42 heavy (non-hydrogen) atoms. The average Bonchev–Trinajstić information content (AvgIpc) is 3.02. The molecule has 0 aliphatic heterocycles. The lowest BCUT2D eigenvalue weighted by molar-refractivity contribution is -0.122. The molecule has 0 saturated heterocycles. The van der Waals surface area contributed by atoms with Crippen LogP contribution in [-0.4, -0.2) is 37.1 Å². The monoisotopic (exact) mass is 567 g/mol. The molecule has 1 unspecified atom stereocenters. The van der Waals surface area contributed by atoms with E-state index in [0.717, 1.165) is 16.0 Å². The number of nitrogen functional groups attached to an aromatic ring is 1. The summed E-state index contributed by atoms with van der Waals surface area (Å²) in [4.78, 5) is 27.0. The van der Waals surface area contributed by atoms with Crippen molar-refractivity contribution in [2.75, 3.05) is 24.4 Å². The highest BCUT2D eigenvalue weighted by Crippen LogP contribution is 2.39. The number of amidine groups is 1. The first kappa shape index (κ1) is 29.5. The maximum Gasteiger partial charge on any atom is 0.411 e. The molecule has 10 nitrogen and oxygen atoms in total. The minimum Gasteiger partial charge on any atom is -0.493 e. The highest BCUT2D eigenvalue weighted by atomic mass is 16.5. The van der Waals surface area contributed by atoms with Gasteiger partial charge in [-0.3, -0.25) is 15.1 Å². The van der Waals surface area contributed by atoms with Crippen LogP contribution in [-0.2, 0) is 17.9 Å². The van der Waals surface area contributed by atoms with Crippen molar-refractivity contribution in [3.05, 3.63) is 119 Å². The van der Waals surface area contributed by atoms with E-state index in [1.807, 2.05) is 60.7 Å². The molecular formula is C32H33N5O5. The molecule has 2 amide bonds. The SMILES string of the molecule is COc1cc(C(Nc2ccc(C(=N)N)cc2)C(=O)NCc2ccccc2)c(N(C)C(=O)O)cc1OCc1ccccc1. The predicted molar refractivity (Wildman–Crippen MR) is 162 cm³/mol. The average molecular weight is 568 g/mol. The smallest absolute Gasteiger partial charge is 0.411 e. The van der Waals surface area contributed by atoms with E-state index in [4.69, 9.17) is 20.6 Å². The van der Waals surface area contributed by atoms with E-state index in [2.05, 4.69) is 10.6 Å². The number of nitrogens with two attached hydrogens (primary N) is 1. The molecule has 4 aromatic rings. The van der Waals surface area contributed by atoms with E-state index in [1.165, 1.54) is 14.2 Å². The van der Waals surface area contributed by atoms with Gasteiger partial charge in [0.05, 0.1) is 12.8 Å². The number of nitrogens with zero attached hydrogens (tertiary/aromatic N) is 1. The number of anilines is 2. The van der Waals surface area contributed by atoms with E-state index < -0.39 is 18.0 Å². The van der Waals surface area contributed by atoms with Crippen LogP contribution < -0.4 is 30.7 Å². The molecule has 0 aliphatic rings. The normalized spacial score (nSPS) is 11.2. The number of rotatable bonds is 12. The van der Waals surface area contributed by atoms with Gasteiger partial charge in [0.15, 0.2) is 11.5 Å². The Bertz CT molecular complexity index is 1530. The van der Waals surface area contributed by atoms with Crippen LogP contribution in [0, 0.1) is 5.41 Å². The number of carbonyl (C=O) groups excluding carboxylic acids is 1. The van der Waals surface area contributed by atoms with Crippen molar-refractivity contribution in [3.8, 4) is 11.5 Å². The molecule has 0 radical (unpaired) electrons. The van der Waals surface area contributed by atoms with Crippen molar-refractivity contribution in [1.82, 2.24) is 5.32 Å². The summed E-state index contributed by atoms with van der Waals surface area (Å²) in [6, 6.07) is 27.8. The molecule has 10 heteroatoms. The summed E-state index contributed by atoms with van der Waals surface area (Å²) in [5.41, 5.74) is 9.10. The molecule has 0 saturated carbocycles. The highest BCUT2D eigenvalue weighted by Gasteiger charge is 2.29. The van der Waals surface area contributed by atoms with Gasteiger partial charge in [0.25, 0.3) is 0 Å². The fraction of sp³-hybridized carbons (Fsp3) is 0.156. The standard InChI is InChI=1S/C32H33N5O5/c1-37(32(39)40)26-18-28(42-20-22-11-7-4-8-12-22)27(41-2)17-25(26)29(31(38)35-19-21-9-5-3-6-10-21)36-24-15-13-23(14-16-24)30(33)34/h3-18,29,36H,19-20H2,1-2H3,(H3,33,34)(H,35,38)(H,39,40). The van der Waals surface area contributed by atoms with Gasteiger partial charge in [0.1, 0.15) is 18.5 Å². The number of carbonyl (C=O) groups is 2. The summed E-state index contributed by atoms with van der Waals surface area (Å²) in [7, 11) is 2.88. The van der Waals surface area contributed by atoms with Crippen LogP contribution in [0.5, 0.6) is 11.5 Å². The molecular weight excluding hydrogens is 534 g/mol. The van der Waals surface area contributed by atoms with Gasteiger partial charge >= 0.3 is 6.09 Å². The summed E-state index contributed by atoms with van der Waals surface area (Å²) in [6.07, 6.45) is -1.22. The van der Waals surface area contributed by atoms with Crippen molar-refractivity contribution in [2.24, 2.45) is 5.73 Å². The second-order valence-electron chi connectivity index (χ2n) is 9.45. The number of ether oxygens (including phenoxy) is 2. The fourth-order valence-corrected chi connectivity index (χ4v) is 4.28. The lowest BCUT2D eigenvalue weighted by Crippen LogP contribution is -2.35. The Kier molecular flexibility index (Phi) is 9.62. The molecule has 0 bridgehead atoms. The number of carboxylic acid groups (broad SMARTS) is 1.